The summed E-state index contributed by atoms with van der Waals surface area (Å²) < 4.78 is 46.7. The number of hydrogen-bond acceptors (Lipinski definition) is 4. The Balaban J connectivity index is 1.62. The maximum absolute atomic E-state index is 13.6. The fourth-order valence-corrected chi connectivity index (χ4v) is 3.66. The second-order valence-electron chi connectivity index (χ2n) is 7.04. The van der Waals surface area contributed by atoms with Gasteiger partial charge in [0.15, 0.2) is 11.7 Å². The Morgan fingerprint density at radius 3 is 2.75 bits per heavy atom. The third-order valence-corrected chi connectivity index (χ3v) is 5.29. The van der Waals surface area contributed by atoms with E-state index in [0.717, 1.165) is 17.5 Å². The monoisotopic (exact) mass is 414 g/mol. The van der Waals surface area contributed by atoms with Crippen LogP contribution in [0.5, 0.6) is 5.75 Å². The van der Waals surface area contributed by atoms with E-state index in [1.807, 2.05) is 0 Å². The van der Waals surface area contributed by atoms with E-state index in [9.17, 15) is 18.0 Å². The number of anilines is 2. The average Bonchev–Trinajstić information content (AvgIpc) is 3.39. The number of nitrogens with one attached hydrogen (secondary N) is 2. The first-order chi connectivity index (χ1) is 13.3. The van der Waals surface area contributed by atoms with Gasteiger partial charge in [0, 0.05) is 17.1 Å². The number of alkyl halides is 3. The lowest BCUT2D eigenvalue weighted by Crippen LogP contribution is -2.40. The van der Waals surface area contributed by atoms with E-state index >= 15 is 0 Å². The van der Waals surface area contributed by atoms with Crippen LogP contribution in [0.15, 0.2) is 24.3 Å². The molecule has 2 atom stereocenters. The number of amides is 1. The third-order valence-electron chi connectivity index (χ3n) is 5.05. The molecule has 2 aromatic rings. The number of benzene rings is 1. The van der Waals surface area contributed by atoms with E-state index in [4.69, 9.17) is 16.3 Å². The molecule has 10 heteroatoms. The summed E-state index contributed by atoms with van der Waals surface area (Å²) in [7, 11) is 1.43. The highest BCUT2D eigenvalue weighted by molar-refractivity contribution is 6.31. The zero-order valence-electron chi connectivity index (χ0n) is 14.9. The van der Waals surface area contributed by atoms with E-state index in [0.29, 0.717) is 16.5 Å². The van der Waals surface area contributed by atoms with Gasteiger partial charge in [0.05, 0.1) is 12.8 Å². The van der Waals surface area contributed by atoms with Gasteiger partial charge in [-0.2, -0.15) is 18.3 Å². The SMILES string of the molecule is COc1ccc(Cl)cc1NC(=O)c1cc2n(n1)C(C(F)(F)F)CC(C1CC1)N2. The van der Waals surface area contributed by atoms with Crippen molar-refractivity contribution in [2.75, 3.05) is 17.7 Å². The van der Waals surface area contributed by atoms with Crippen molar-refractivity contribution < 1.29 is 22.7 Å². The van der Waals surface area contributed by atoms with E-state index in [1.54, 1.807) is 12.1 Å². The number of aromatic nitrogens is 2. The van der Waals surface area contributed by atoms with Crippen LogP contribution < -0.4 is 15.4 Å². The Hall–Kier alpha value is -2.42. The highest BCUT2D eigenvalue weighted by atomic mass is 35.5. The summed E-state index contributed by atoms with van der Waals surface area (Å²) in [6, 6.07) is 4.00. The van der Waals surface area contributed by atoms with E-state index in [-0.39, 0.29) is 29.9 Å². The number of methoxy groups -OCH3 is 1. The average molecular weight is 415 g/mol. The summed E-state index contributed by atoms with van der Waals surface area (Å²) in [5.41, 5.74) is 0.192. The van der Waals surface area contributed by atoms with Gasteiger partial charge in [0.1, 0.15) is 11.6 Å². The lowest BCUT2D eigenvalue weighted by atomic mass is 10.0. The molecule has 1 saturated carbocycles. The Bertz CT molecular complexity index is 911. The number of fused-ring (bicyclic) bond motifs is 1. The minimum atomic E-state index is -4.44. The molecule has 0 saturated heterocycles. The number of halogens is 4. The lowest BCUT2D eigenvalue weighted by molar-refractivity contribution is -0.174. The minimum Gasteiger partial charge on any atom is -0.495 e. The largest absolute Gasteiger partial charge is 0.495 e. The number of rotatable bonds is 4. The van der Waals surface area contributed by atoms with Crippen LogP contribution in [0.3, 0.4) is 0 Å². The zero-order chi connectivity index (χ0) is 20.1. The number of ether oxygens (including phenoxy) is 1. The molecule has 2 N–H and O–H groups in total. The topological polar surface area (TPSA) is 68.2 Å². The van der Waals surface area contributed by atoms with Crippen molar-refractivity contribution >= 4 is 29.0 Å². The first kappa shape index (κ1) is 18.9. The quantitative estimate of drug-likeness (QED) is 0.773. The summed E-state index contributed by atoms with van der Waals surface area (Å²) >= 11 is 5.95. The normalized spacial score (nSPS) is 21.6. The van der Waals surface area contributed by atoms with Gasteiger partial charge in [-0.05, 0) is 43.4 Å². The number of carbonyl (C=O) groups excluding carboxylic acids is 1. The van der Waals surface area contributed by atoms with Crippen LogP contribution in [0.2, 0.25) is 5.02 Å². The molecule has 0 bridgehead atoms. The second kappa shape index (κ2) is 6.88. The van der Waals surface area contributed by atoms with Gasteiger partial charge >= 0.3 is 6.18 Å². The van der Waals surface area contributed by atoms with Crippen LogP contribution in [0.4, 0.5) is 24.7 Å². The zero-order valence-corrected chi connectivity index (χ0v) is 15.6. The lowest BCUT2D eigenvalue weighted by Gasteiger charge is -2.33. The highest BCUT2D eigenvalue weighted by Crippen LogP contribution is 2.45. The van der Waals surface area contributed by atoms with Gasteiger partial charge in [-0.3, -0.25) is 4.79 Å². The van der Waals surface area contributed by atoms with E-state index in [2.05, 4.69) is 15.7 Å². The summed E-state index contributed by atoms with van der Waals surface area (Å²) in [6.07, 6.45) is -2.71. The molecule has 6 nitrogen and oxygen atoms in total. The summed E-state index contributed by atoms with van der Waals surface area (Å²) in [4.78, 5) is 12.6. The van der Waals surface area contributed by atoms with Crippen molar-refractivity contribution in [1.29, 1.82) is 0 Å². The highest BCUT2D eigenvalue weighted by Gasteiger charge is 2.49. The molecule has 1 aromatic heterocycles. The first-order valence-corrected chi connectivity index (χ1v) is 9.21. The third kappa shape index (κ3) is 3.63. The van der Waals surface area contributed by atoms with E-state index < -0.39 is 18.1 Å². The van der Waals surface area contributed by atoms with Gasteiger partial charge in [-0.25, -0.2) is 4.68 Å². The molecular weight excluding hydrogens is 397 g/mol. The van der Waals surface area contributed by atoms with Crippen LogP contribution in [0.1, 0.15) is 35.8 Å². The molecule has 28 heavy (non-hydrogen) atoms. The molecule has 2 unspecified atom stereocenters. The van der Waals surface area contributed by atoms with Gasteiger partial charge in [0.2, 0.25) is 0 Å². The fourth-order valence-electron chi connectivity index (χ4n) is 3.49. The van der Waals surface area contributed by atoms with Crippen LogP contribution in [0.25, 0.3) is 0 Å². The minimum absolute atomic E-state index is 0.0912. The predicted octanol–water partition coefficient (Wildman–Crippen LogP) is 4.50. The van der Waals surface area contributed by atoms with Crippen molar-refractivity contribution in [3.8, 4) is 5.75 Å². The van der Waals surface area contributed by atoms with Gasteiger partial charge in [-0.1, -0.05) is 11.6 Å². The summed E-state index contributed by atoms with van der Waals surface area (Å²) in [6.45, 7) is 0. The van der Waals surface area contributed by atoms with E-state index in [1.165, 1.54) is 19.2 Å². The molecular formula is C18H18ClF3N4O2. The van der Waals surface area contributed by atoms with Crippen molar-refractivity contribution in [2.45, 2.75) is 37.5 Å². The Morgan fingerprint density at radius 2 is 2.11 bits per heavy atom. The molecule has 2 aliphatic rings. The summed E-state index contributed by atoms with van der Waals surface area (Å²) in [5, 5.41) is 10.0. The fraction of sp³-hybridized carbons (Fsp3) is 0.444. The smallest absolute Gasteiger partial charge is 0.410 e. The standard InChI is InChI=1S/C18H18ClF3N4O2/c1-28-14-5-4-10(19)6-12(14)24-17(27)13-8-16-23-11(9-2-3-9)7-15(18(20,21)22)26(16)25-13/h4-6,8-9,11,15,23H,2-3,7H2,1H3,(H,24,27). The van der Waals surface area contributed by atoms with Crippen LogP contribution in [-0.2, 0) is 0 Å². The molecule has 4 rings (SSSR count). The maximum atomic E-state index is 13.6. The predicted molar refractivity (Wildman–Crippen MR) is 98.0 cm³/mol. The van der Waals surface area contributed by atoms with Crippen molar-refractivity contribution in [3.05, 3.63) is 35.0 Å². The Labute approximate surface area is 164 Å². The Morgan fingerprint density at radius 1 is 1.36 bits per heavy atom. The van der Waals surface area contributed by atoms with Crippen molar-refractivity contribution in [1.82, 2.24) is 9.78 Å². The number of nitrogens with zero attached hydrogens (tertiary/aromatic N) is 2. The van der Waals surface area contributed by atoms with Gasteiger partial charge in [0.25, 0.3) is 5.91 Å². The number of carbonyl (C=O) groups is 1. The van der Waals surface area contributed by atoms with Crippen LogP contribution in [-0.4, -0.2) is 35.0 Å². The molecule has 150 valence electrons. The van der Waals surface area contributed by atoms with Crippen LogP contribution >= 0.6 is 11.6 Å². The first-order valence-electron chi connectivity index (χ1n) is 8.84. The second-order valence-corrected chi connectivity index (χ2v) is 7.48. The molecule has 2 heterocycles. The summed E-state index contributed by atoms with van der Waals surface area (Å²) in [5.74, 6) is 0.171. The van der Waals surface area contributed by atoms with Crippen LogP contribution in [0, 0.1) is 5.92 Å². The molecule has 0 radical (unpaired) electrons. The van der Waals surface area contributed by atoms with Crippen molar-refractivity contribution in [3.63, 3.8) is 0 Å². The molecule has 1 fully saturated rings. The molecule has 1 aromatic carbocycles. The maximum Gasteiger partial charge on any atom is 0.410 e. The van der Waals surface area contributed by atoms with Gasteiger partial charge < -0.3 is 15.4 Å². The Kier molecular flexibility index (Phi) is 4.65. The molecule has 1 amide bonds. The van der Waals surface area contributed by atoms with Crippen molar-refractivity contribution in [2.24, 2.45) is 5.92 Å². The number of hydrogen-bond donors (Lipinski definition) is 2. The molecule has 1 aliphatic heterocycles. The molecule has 1 aliphatic carbocycles. The molecule has 0 spiro atoms. The van der Waals surface area contributed by atoms with Gasteiger partial charge in [-0.15, -0.1) is 0 Å².